The van der Waals surface area contributed by atoms with Gasteiger partial charge in [0.2, 0.25) is 0 Å². The lowest BCUT2D eigenvalue weighted by molar-refractivity contribution is 0.0827. The fourth-order valence-electron chi connectivity index (χ4n) is 3.03. The Kier molecular flexibility index (Phi) is 5.15. The van der Waals surface area contributed by atoms with Gasteiger partial charge in [-0.1, -0.05) is 0 Å². The molecule has 0 saturated carbocycles. The van der Waals surface area contributed by atoms with Gasteiger partial charge < -0.3 is 14.6 Å². The van der Waals surface area contributed by atoms with Crippen LogP contribution in [-0.4, -0.2) is 54.4 Å². The molecule has 0 aromatic carbocycles. The standard InChI is InChI=1S/C18H24N4O2/c1-21(2)18(23)14-7-8-17(19-12-14)20-13-15(16-6-5-11-24-16)22-9-3-4-10-22/h5-8,11-12,15H,3-4,9-10,13H2,1-2H3,(H,19,20). The van der Waals surface area contributed by atoms with Crippen molar-refractivity contribution in [2.75, 3.05) is 39.0 Å². The Bertz CT molecular complexity index is 646. The highest BCUT2D eigenvalue weighted by molar-refractivity contribution is 5.93. The van der Waals surface area contributed by atoms with Gasteiger partial charge in [-0.2, -0.15) is 0 Å². The van der Waals surface area contributed by atoms with Crippen molar-refractivity contribution in [3.63, 3.8) is 0 Å². The predicted molar refractivity (Wildman–Crippen MR) is 93.0 cm³/mol. The van der Waals surface area contributed by atoms with E-state index in [-0.39, 0.29) is 11.9 Å². The lowest BCUT2D eigenvalue weighted by Crippen LogP contribution is -2.30. The maximum absolute atomic E-state index is 11.9. The molecule has 1 unspecified atom stereocenters. The quantitative estimate of drug-likeness (QED) is 0.883. The summed E-state index contributed by atoms with van der Waals surface area (Å²) in [7, 11) is 3.47. The number of nitrogens with one attached hydrogen (secondary N) is 1. The molecule has 24 heavy (non-hydrogen) atoms. The molecule has 6 heteroatoms. The Balaban J connectivity index is 1.65. The third kappa shape index (κ3) is 3.76. The van der Waals surface area contributed by atoms with Crippen LogP contribution in [0.5, 0.6) is 0 Å². The number of anilines is 1. The van der Waals surface area contributed by atoms with E-state index < -0.39 is 0 Å². The van der Waals surface area contributed by atoms with Crippen LogP contribution in [0.25, 0.3) is 0 Å². The van der Waals surface area contributed by atoms with Crippen LogP contribution in [0.3, 0.4) is 0 Å². The molecular formula is C18H24N4O2. The second-order valence-corrected chi connectivity index (χ2v) is 6.29. The second kappa shape index (κ2) is 7.49. The average Bonchev–Trinajstić information content (AvgIpc) is 3.29. The molecule has 3 heterocycles. The molecule has 0 radical (unpaired) electrons. The fourth-order valence-corrected chi connectivity index (χ4v) is 3.03. The summed E-state index contributed by atoms with van der Waals surface area (Å²) >= 11 is 0. The molecular weight excluding hydrogens is 304 g/mol. The molecule has 1 amide bonds. The van der Waals surface area contributed by atoms with Gasteiger partial charge in [-0.25, -0.2) is 4.98 Å². The highest BCUT2D eigenvalue weighted by Crippen LogP contribution is 2.25. The van der Waals surface area contributed by atoms with Gasteiger partial charge in [0.15, 0.2) is 0 Å². The van der Waals surface area contributed by atoms with Gasteiger partial charge in [-0.3, -0.25) is 9.69 Å². The zero-order chi connectivity index (χ0) is 16.9. The molecule has 2 aromatic heterocycles. The minimum atomic E-state index is -0.0421. The summed E-state index contributed by atoms with van der Waals surface area (Å²) in [5, 5.41) is 3.37. The van der Waals surface area contributed by atoms with Crippen molar-refractivity contribution in [1.82, 2.24) is 14.8 Å². The van der Waals surface area contributed by atoms with Crippen LogP contribution in [0.4, 0.5) is 5.82 Å². The zero-order valence-electron chi connectivity index (χ0n) is 14.2. The van der Waals surface area contributed by atoms with E-state index in [2.05, 4.69) is 15.2 Å². The minimum absolute atomic E-state index is 0.0421. The Hall–Kier alpha value is -2.34. The number of carbonyl (C=O) groups is 1. The molecule has 1 saturated heterocycles. The normalized spacial score (nSPS) is 16.1. The molecule has 1 aliphatic heterocycles. The summed E-state index contributed by atoms with van der Waals surface area (Å²) in [5.41, 5.74) is 0.590. The van der Waals surface area contributed by atoms with Gasteiger partial charge in [0.05, 0.1) is 17.9 Å². The van der Waals surface area contributed by atoms with Crippen molar-refractivity contribution in [2.24, 2.45) is 0 Å². The first-order valence-corrected chi connectivity index (χ1v) is 8.34. The topological polar surface area (TPSA) is 61.6 Å². The smallest absolute Gasteiger partial charge is 0.254 e. The molecule has 1 atom stereocenters. The van der Waals surface area contributed by atoms with E-state index in [1.807, 2.05) is 18.2 Å². The van der Waals surface area contributed by atoms with Crippen LogP contribution in [0.15, 0.2) is 41.1 Å². The third-order valence-electron chi connectivity index (χ3n) is 4.35. The minimum Gasteiger partial charge on any atom is -0.468 e. The monoisotopic (exact) mass is 328 g/mol. The molecule has 1 fully saturated rings. The molecule has 6 nitrogen and oxygen atoms in total. The Morgan fingerprint density at radius 2 is 2.12 bits per heavy atom. The Labute approximate surface area is 142 Å². The number of nitrogens with zero attached hydrogens (tertiary/aromatic N) is 3. The number of amides is 1. The van der Waals surface area contributed by atoms with Crippen molar-refractivity contribution in [3.8, 4) is 0 Å². The van der Waals surface area contributed by atoms with Crippen molar-refractivity contribution in [3.05, 3.63) is 48.0 Å². The number of furan rings is 1. The van der Waals surface area contributed by atoms with Crippen LogP contribution in [0.2, 0.25) is 0 Å². The van der Waals surface area contributed by atoms with Crippen LogP contribution < -0.4 is 5.32 Å². The average molecular weight is 328 g/mol. The Morgan fingerprint density at radius 3 is 2.71 bits per heavy atom. The first kappa shape index (κ1) is 16.5. The van der Waals surface area contributed by atoms with E-state index in [1.54, 1.807) is 37.5 Å². The number of hydrogen-bond acceptors (Lipinski definition) is 5. The number of carbonyl (C=O) groups excluding carboxylic acids is 1. The molecule has 2 aromatic rings. The van der Waals surface area contributed by atoms with Crippen molar-refractivity contribution >= 4 is 11.7 Å². The summed E-state index contributed by atoms with van der Waals surface area (Å²) in [4.78, 5) is 20.2. The predicted octanol–water partition coefficient (Wildman–Crippen LogP) is 2.63. The van der Waals surface area contributed by atoms with Crippen LogP contribution in [0, 0.1) is 0 Å². The van der Waals surface area contributed by atoms with Gasteiger partial charge in [0.25, 0.3) is 5.91 Å². The molecule has 0 bridgehead atoms. The van der Waals surface area contributed by atoms with Gasteiger partial charge in [0, 0.05) is 26.8 Å². The van der Waals surface area contributed by atoms with Crippen LogP contribution in [-0.2, 0) is 0 Å². The number of pyridine rings is 1. The van der Waals surface area contributed by atoms with Crippen molar-refractivity contribution in [1.29, 1.82) is 0 Å². The SMILES string of the molecule is CN(C)C(=O)c1ccc(NCC(c2ccco2)N2CCCC2)nc1. The van der Waals surface area contributed by atoms with Gasteiger partial charge in [0.1, 0.15) is 11.6 Å². The summed E-state index contributed by atoms with van der Waals surface area (Å²) in [5.74, 6) is 1.70. The fraction of sp³-hybridized carbons (Fsp3) is 0.444. The first-order chi connectivity index (χ1) is 11.6. The van der Waals surface area contributed by atoms with Crippen LogP contribution in [0.1, 0.15) is 35.0 Å². The number of aromatic nitrogens is 1. The number of hydrogen-bond donors (Lipinski definition) is 1. The Morgan fingerprint density at radius 1 is 1.33 bits per heavy atom. The summed E-state index contributed by atoms with van der Waals surface area (Å²) in [6.07, 6.45) is 5.80. The lowest BCUT2D eigenvalue weighted by Gasteiger charge is -2.26. The van der Waals surface area contributed by atoms with E-state index in [9.17, 15) is 4.79 Å². The van der Waals surface area contributed by atoms with Gasteiger partial charge in [-0.15, -0.1) is 0 Å². The van der Waals surface area contributed by atoms with Crippen molar-refractivity contribution < 1.29 is 9.21 Å². The van der Waals surface area contributed by atoms with Gasteiger partial charge >= 0.3 is 0 Å². The second-order valence-electron chi connectivity index (χ2n) is 6.29. The van der Waals surface area contributed by atoms with E-state index in [4.69, 9.17) is 4.42 Å². The largest absolute Gasteiger partial charge is 0.468 e. The highest BCUT2D eigenvalue weighted by Gasteiger charge is 2.25. The molecule has 3 rings (SSSR count). The van der Waals surface area contributed by atoms with Crippen molar-refractivity contribution in [2.45, 2.75) is 18.9 Å². The van der Waals surface area contributed by atoms with E-state index in [0.29, 0.717) is 5.56 Å². The zero-order valence-corrected chi connectivity index (χ0v) is 14.2. The van der Waals surface area contributed by atoms with E-state index in [1.165, 1.54) is 12.8 Å². The van der Waals surface area contributed by atoms with Gasteiger partial charge in [-0.05, 0) is 50.2 Å². The molecule has 128 valence electrons. The lowest BCUT2D eigenvalue weighted by atomic mass is 10.2. The highest BCUT2D eigenvalue weighted by atomic mass is 16.3. The van der Waals surface area contributed by atoms with Crippen LogP contribution >= 0.6 is 0 Å². The molecule has 1 N–H and O–H groups in total. The molecule has 0 spiro atoms. The first-order valence-electron chi connectivity index (χ1n) is 8.34. The summed E-state index contributed by atoms with van der Waals surface area (Å²) in [6.45, 7) is 2.91. The summed E-state index contributed by atoms with van der Waals surface area (Å²) < 4.78 is 5.62. The van der Waals surface area contributed by atoms with E-state index in [0.717, 1.165) is 31.2 Å². The molecule has 1 aliphatic rings. The maximum Gasteiger partial charge on any atom is 0.254 e. The maximum atomic E-state index is 11.9. The summed E-state index contributed by atoms with van der Waals surface area (Å²) in [6, 6.07) is 7.80. The third-order valence-corrected chi connectivity index (χ3v) is 4.35. The van der Waals surface area contributed by atoms with E-state index >= 15 is 0 Å². The molecule has 0 aliphatic carbocycles. The number of rotatable bonds is 6. The number of likely N-dealkylation sites (tertiary alicyclic amines) is 1.